The van der Waals surface area contributed by atoms with Crippen molar-refractivity contribution in [2.45, 2.75) is 46.0 Å². The smallest absolute Gasteiger partial charge is 0.208 e. The Labute approximate surface area is 299 Å². The molecule has 0 saturated carbocycles. The maximum Gasteiger partial charge on any atom is 0.208 e. The molecule has 0 heterocycles. The number of unbranched alkanes of at least 4 members (excludes halogenated alkanes) is 2. The summed E-state index contributed by atoms with van der Waals surface area (Å²) in [5, 5.41) is 0. The molecule has 10 nitrogen and oxygen atoms in total. The fourth-order valence-corrected chi connectivity index (χ4v) is 7.12. The number of nitrogens with two attached hydrogens (primary N) is 2. The number of carbonyl (C=O) groups excluding carboxylic acids is 4. The highest BCUT2D eigenvalue weighted by atomic mass is 32.2. The molecule has 11 heteroatoms. The van der Waals surface area contributed by atoms with Crippen molar-refractivity contribution >= 4 is 44.5 Å². The summed E-state index contributed by atoms with van der Waals surface area (Å²) in [4.78, 5) is 56.2. The molecule has 0 fully saturated rings. The van der Waals surface area contributed by atoms with Crippen molar-refractivity contribution in [3.63, 3.8) is 0 Å². The van der Waals surface area contributed by atoms with E-state index in [1.165, 1.54) is 31.9 Å². The van der Waals surface area contributed by atoms with Crippen molar-refractivity contribution in [1.29, 1.82) is 0 Å². The summed E-state index contributed by atoms with van der Waals surface area (Å²) in [5.41, 5.74) is 14.9. The Balaban J connectivity index is 0.000000253. The number of nitrogens with one attached hydrogen (secondary N) is 1. The zero-order valence-corrected chi connectivity index (χ0v) is 30.1. The van der Waals surface area contributed by atoms with E-state index in [9.17, 15) is 27.6 Å². The van der Waals surface area contributed by atoms with Gasteiger partial charge in [-0.15, -0.1) is 0 Å². The Bertz CT molecular complexity index is 1990. The first-order valence-corrected chi connectivity index (χ1v) is 19.2. The number of ketones is 4. The van der Waals surface area contributed by atoms with Crippen molar-refractivity contribution in [2.24, 2.45) is 0 Å². The fraction of sp³-hybridized carbons (Fsp3) is 0.300. The fourth-order valence-electron chi connectivity index (χ4n) is 6.60. The summed E-state index contributed by atoms with van der Waals surface area (Å²) < 4.78 is 24.3. The van der Waals surface area contributed by atoms with Crippen LogP contribution in [0.3, 0.4) is 0 Å². The van der Waals surface area contributed by atoms with Crippen LogP contribution in [-0.2, 0) is 10.0 Å². The molecular formula is C40H44N4O6S. The summed E-state index contributed by atoms with van der Waals surface area (Å²) in [6.07, 6.45) is 6.97. The highest BCUT2D eigenvalue weighted by molar-refractivity contribution is 7.88. The SMILES string of the molecule is CCCCN(CCCC)CCCNS(C)(=O)=O.Nc1ccc(-c2ccc(N)c3c2C(=O)c2ccccc2C3=O)c2c1C(=O)c1ccccc1C2=O. The zero-order chi connectivity index (χ0) is 36.9. The van der Waals surface area contributed by atoms with E-state index in [2.05, 4.69) is 23.5 Å². The van der Waals surface area contributed by atoms with Crippen LogP contribution in [0, 0.1) is 0 Å². The number of hydrogen-bond donors (Lipinski definition) is 3. The molecule has 0 aromatic heterocycles. The van der Waals surface area contributed by atoms with E-state index >= 15 is 0 Å². The van der Waals surface area contributed by atoms with Gasteiger partial charge in [-0.05, 0) is 62.2 Å². The van der Waals surface area contributed by atoms with Gasteiger partial charge < -0.3 is 16.4 Å². The average molecular weight is 709 g/mol. The zero-order valence-electron chi connectivity index (χ0n) is 29.3. The Morgan fingerprint density at radius 3 is 1.24 bits per heavy atom. The first-order chi connectivity index (χ1) is 24.4. The minimum Gasteiger partial charge on any atom is -0.398 e. The van der Waals surface area contributed by atoms with Crippen LogP contribution in [0.2, 0.25) is 0 Å². The normalized spacial score (nSPS) is 13.3. The van der Waals surface area contributed by atoms with Crippen LogP contribution in [0.25, 0.3) is 11.1 Å². The molecule has 0 aliphatic heterocycles. The minimum atomic E-state index is -3.02. The van der Waals surface area contributed by atoms with Gasteiger partial charge >= 0.3 is 0 Å². The average Bonchev–Trinajstić information content (AvgIpc) is 3.12. The summed E-state index contributed by atoms with van der Waals surface area (Å²) in [7, 11) is -3.02. The van der Waals surface area contributed by atoms with Crippen LogP contribution in [0.1, 0.15) is 110 Å². The number of fused-ring (bicyclic) bond motifs is 4. The van der Waals surface area contributed by atoms with Crippen molar-refractivity contribution in [3.8, 4) is 11.1 Å². The number of nitrogens with zero attached hydrogens (tertiary/aromatic N) is 1. The Morgan fingerprint density at radius 1 is 0.529 bits per heavy atom. The number of anilines is 2. The molecule has 0 atom stereocenters. The van der Waals surface area contributed by atoms with Gasteiger partial charge in [0, 0.05) is 51.3 Å². The molecule has 0 amide bonds. The lowest BCUT2D eigenvalue weighted by molar-refractivity contribution is 0.0978. The van der Waals surface area contributed by atoms with Gasteiger partial charge in [-0.3, -0.25) is 19.2 Å². The van der Waals surface area contributed by atoms with E-state index in [4.69, 9.17) is 11.5 Å². The van der Waals surface area contributed by atoms with Crippen LogP contribution in [0.5, 0.6) is 0 Å². The largest absolute Gasteiger partial charge is 0.398 e. The minimum absolute atomic E-state index is 0.0989. The van der Waals surface area contributed by atoms with E-state index in [1.54, 1.807) is 72.8 Å². The molecule has 4 aromatic rings. The lowest BCUT2D eigenvalue weighted by atomic mass is 9.76. The number of benzene rings is 4. The number of sulfonamides is 1. The van der Waals surface area contributed by atoms with Crippen LogP contribution in [0.4, 0.5) is 11.4 Å². The molecule has 0 spiro atoms. The summed E-state index contributed by atoms with van der Waals surface area (Å²) >= 11 is 0. The van der Waals surface area contributed by atoms with Gasteiger partial charge in [-0.1, -0.05) is 87.4 Å². The molecule has 2 aliphatic rings. The van der Waals surface area contributed by atoms with Crippen molar-refractivity contribution in [2.75, 3.05) is 43.9 Å². The van der Waals surface area contributed by atoms with E-state index in [1.807, 2.05) is 0 Å². The van der Waals surface area contributed by atoms with Gasteiger partial charge in [0.2, 0.25) is 10.0 Å². The monoisotopic (exact) mass is 708 g/mol. The van der Waals surface area contributed by atoms with Crippen LogP contribution in [-0.4, -0.2) is 68.9 Å². The van der Waals surface area contributed by atoms with Gasteiger partial charge in [-0.2, -0.15) is 0 Å². The highest BCUT2D eigenvalue weighted by Gasteiger charge is 2.37. The molecule has 5 N–H and O–H groups in total. The first kappa shape index (κ1) is 37.3. The van der Waals surface area contributed by atoms with E-state index in [0.29, 0.717) is 17.7 Å². The van der Waals surface area contributed by atoms with E-state index in [-0.39, 0.29) is 79.0 Å². The van der Waals surface area contributed by atoms with Crippen LogP contribution < -0.4 is 16.2 Å². The molecule has 51 heavy (non-hydrogen) atoms. The van der Waals surface area contributed by atoms with Crippen molar-refractivity contribution < 1.29 is 27.6 Å². The number of nitrogen functional groups attached to an aromatic ring is 2. The van der Waals surface area contributed by atoms with Gasteiger partial charge in [-0.25, -0.2) is 13.1 Å². The third-order valence-electron chi connectivity index (χ3n) is 9.18. The van der Waals surface area contributed by atoms with Gasteiger partial charge in [0.25, 0.3) is 0 Å². The highest BCUT2D eigenvalue weighted by Crippen LogP contribution is 2.42. The maximum atomic E-state index is 13.6. The molecule has 266 valence electrons. The lowest BCUT2D eigenvalue weighted by Crippen LogP contribution is -2.31. The van der Waals surface area contributed by atoms with Crippen LogP contribution in [0.15, 0.2) is 72.8 Å². The number of rotatable bonds is 12. The second-order valence-electron chi connectivity index (χ2n) is 12.9. The van der Waals surface area contributed by atoms with Crippen LogP contribution >= 0.6 is 0 Å². The Morgan fingerprint density at radius 2 is 0.882 bits per heavy atom. The third kappa shape index (κ3) is 7.85. The van der Waals surface area contributed by atoms with Crippen molar-refractivity contribution in [1.82, 2.24) is 9.62 Å². The number of carbonyl (C=O) groups is 4. The van der Waals surface area contributed by atoms with E-state index < -0.39 is 10.0 Å². The molecule has 0 bridgehead atoms. The second kappa shape index (κ2) is 15.9. The molecule has 0 radical (unpaired) electrons. The third-order valence-corrected chi connectivity index (χ3v) is 9.91. The van der Waals surface area contributed by atoms with Gasteiger partial charge in [0.05, 0.1) is 17.4 Å². The molecule has 6 rings (SSSR count). The van der Waals surface area contributed by atoms with Crippen molar-refractivity contribution in [3.05, 3.63) is 117 Å². The Hall–Kier alpha value is -4.97. The molecule has 0 unspecified atom stereocenters. The molecule has 2 aliphatic carbocycles. The standard InChI is InChI=1S/C28H16N2O4.C12H28N2O2S/c29-19-11-9-13(21-23(19)27(33)17-7-3-1-5-15(17)25(21)31)14-10-12-20(30)24-22(14)26(32)16-6-2-4-8-18(16)28(24)34;1-4-6-10-14(11-7-5-2)12-8-9-13-17(3,15)16/h1-12H,29-30H2;13H,4-12H2,1-3H3. The topological polar surface area (TPSA) is 170 Å². The summed E-state index contributed by atoms with van der Waals surface area (Å²) in [5.74, 6) is -1.45. The lowest BCUT2D eigenvalue weighted by Gasteiger charge is -2.25. The van der Waals surface area contributed by atoms with Gasteiger partial charge in [0.15, 0.2) is 23.1 Å². The predicted octanol–water partition coefficient (Wildman–Crippen LogP) is 5.90. The first-order valence-electron chi connectivity index (χ1n) is 17.3. The van der Waals surface area contributed by atoms with E-state index in [0.717, 1.165) is 26.1 Å². The summed E-state index contributed by atoms with van der Waals surface area (Å²) in [6, 6.07) is 19.4. The molecule has 0 saturated heterocycles. The molecule has 4 aromatic carbocycles. The summed E-state index contributed by atoms with van der Waals surface area (Å²) in [6.45, 7) is 8.20. The number of hydrogen-bond acceptors (Lipinski definition) is 9. The van der Waals surface area contributed by atoms with Gasteiger partial charge in [0.1, 0.15) is 0 Å². The Kier molecular flexibility index (Phi) is 11.6. The quantitative estimate of drug-likeness (QED) is 0.104. The second-order valence-corrected chi connectivity index (χ2v) is 14.7. The predicted molar refractivity (Wildman–Crippen MR) is 201 cm³/mol. The molecular weight excluding hydrogens is 665 g/mol. The maximum absolute atomic E-state index is 13.6.